The van der Waals surface area contributed by atoms with Crippen LogP contribution in [-0.2, 0) is 11.2 Å². The van der Waals surface area contributed by atoms with E-state index in [2.05, 4.69) is 19.2 Å². The highest BCUT2D eigenvalue weighted by Crippen LogP contribution is 2.19. The number of ether oxygens (including phenoxy) is 1. The second-order valence-electron chi connectivity index (χ2n) is 5.83. The summed E-state index contributed by atoms with van der Waals surface area (Å²) in [7, 11) is 1.69. The Kier molecular flexibility index (Phi) is 6.68. The maximum atomic E-state index is 12.1. The van der Waals surface area contributed by atoms with Gasteiger partial charge in [-0.05, 0) is 42.5 Å². The van der Waals surface area contributed by atoms with Gasteiger partial charge in [0.15, 0.2) is 0 Å². The lowest BCUT2D eigenvalue weighted by atomic mass is 9.89. The second-order valence-corrected chi connectivity index (χ2v) is 5.83. The molecule has 0 spiro atoms. The van der Waals surface area contributed by atoms with Crippen LogP contribution in [0.3, 0.4) is 0 Å². The van der Waals surface area contributed by atoms with Crippen molar-refractivity contribution in [2.45, 2.75) is 26.7 Å². The molecule has 3 N–H and O–H groups in total. The summed E-state index contributed by atoms with van der Waals surface area (Å²) in [4.78, 5) is 12.1. The van der Waals surface area contributed by atoms with Crippen LogP contribution in [0.25, 0.3) is 0 Å². The predicted octanol–water partition coefficient (Wildman–Crippen LogP) is 1.98. The molecule has 0 aliphatic rings. The first-order chi connectivity index (χ1) is 9.48. The van der Waals surface area contributed by atoms with Gasteiger partial charge in [-0.15, -0.1) is 0 Å². The molecule has 0 radical (unpaired) electrons. The number of benzene rings is 1. The fraction of sp³-hybridized carbons (Fsp3) is 0.562. The molecule has 0 saturated carbocycles. The summed E-state index contributed by atoms with van der Waals surface area (Å²) in [5.74, 6) is -0.0330. The van der Waals surface area contributed by atoms with Crippen LogP contribution in [0.15, 0.2) is 24.3 Å². The maximum Gasteiger partial charge on any atom is 0.251 e. The summed E-state index contributed by atoms with van der Waals surface area (Å²) in [6.07, 6.45) is 1.71. The van der Waals surface area contributed by atoms with Gasteiger partial charge in [0.05, 0.1) is 0 Å². The number of nitrogens with one attached hydrogen (secondary N) is 1. The Morgan fingerprint density at radius 1 is 1.40 bits per heavy atom. The average molecular weight is 278 g/mol. The van der Waals surface area contributed by atoms with E-state index in [9.17, 15) is 4.79 Å². The number of hydrogen-bond acceptors (Lipinski definition) is 3. The normalized spacial score (nSPS) is 11.4. The van der Waals surface area contributed by atoms with Gasteiger partial charge >= 0.3 is 0 Å². The van der Waals surface area contributed by atoms with Gasteiger partial charge in [0.1, 0.15) is 0 Å². The second kappa shape index (κ2) is 8.02. The number of hydrogen-bond donors (Lipinski definition) is 2. The number of amides is 1. The highest BCUT2D eigenvalue weighted by atomic mass is 16.5. The molecular weight excluding hydrogens is 252 g/mol. The van der Waals surface area contributed by atoms with Gasteiger partial charge in [0.2, 0.25) is 0 Å². The van der Waals surface area contributed by atoms with Crippen molar-refractivity contribution in [3.8, 4) is 0 Å². The largest absolute Gasteiger partial charge is 0.385 e. The summed E-state index contributed by atoms with van der Waals surface area (Å²) in [6.45, 7) is 6.18. The lowest BCUT2D eigenvalue weighted by Crippen LogP contribution is -2.34. The molecule has 4 nitrogen and oxygen atoms in total. The Morgan fingerprint density at radius 3 is 2.80 bits per heavy atom. The molecule has 0 fully saturated rings. The van der Waals surface area contributed by atoms with Crippen LogP contribution in [0.1, 0.15) is 36.2 Å². The van der Waals surface area contributed by atoms with E-state index in [0.717, 1.165) is 18.4 Å². The standard InChI is InChI=1S/C16H26N2O2/c1-16(2,8-10-20-3)12-18-15(19)14-6-4-5-13(11-14)7-9-17/h4-6,11H,7-10,12,17H2,1-3H3,(H,18,19). The smallest absolute Gasteiger partial charge is 0.251 e. The number of methoxy groups -OCH3 is 1. The highest BCUT2D eigenvalue weighted by Gasteiger charge is 2.19. The fourth-order valence-electron chi connectivity index (χ4n) is 1.92. The van der Waals surface area contributed by atoms with Crippen LogP contribution in [0.5, 0.6) is 0 Å². The Bertz CT molecular complexity index is 430. The van der Waals surface area contributed by atoms with Crippen LogP contribution in [0.2, 0.25) is 0 Å². The Morgan fingerprint density at radius 2 is 2.15 bits per heavy atom. The molecule has 1 aromatic rings. The summed E-state index contributed by atoms with van der Waals surface area (Å²) >= 11 is 0. The van der Waals surface area contributed by atoms with Crippen LogP contribution in [0.4, 0.5) is 0 Å². The first-order valence-corrected chi connectivity index (χ1v) is 7.04. The zero-order valence-corrected chi connectivity index (χ0v) is 12.7. The molecule has 0 aliphatic heterocycles. The van der Waals surface area contributed by atoms with Crippen molar-refractivity contribution in [3.63, 3.8) is 0 Å². The summed E-state index contributed by atoms with van der Waals surface area (Å²) in [5, 5.41) is 2.99. The van der Waals surface area contributed by atoms with E-state index in [1.165, 1.54) is 0 Å². The lowest BCUT2D eigenvalue weighted by Gasteiger charge is -2.24. The van der Waals surface area contributed by atoms with Crippen molar-refractivity contribution in [1.82, 2.24) is 5.32 Å². The van der Waals surface area contributed by atoms with Gasteiger partial charge in [-0.3, -0.25) is 4.79 Å². The van der Waals surface area contributed by atoms with Crippen LogP contribution < -0.4 is 11.1 Å². The molecule has 0 unspecified atom stereocenters. The van der Waals surface area contributed by atoms with E-state index in [1.807, 2.05) is 24.3 Å². The summed E-state index contributed by atoms with van der Waals surface area (Å²) < 4.78 is 5.09. The number of carbonyl (C=O) groups is 1. The van der Waals surface area contributed by atoms with Crippen molar-refractivity contribution in [2.24, 2.45) is 11.1 Å². The first kappa shape index (κ1) is 16.7. The van der Waals surface area contributed by atoms with Gasteiger partial charge in [0.25, 0.3) is 5.91 Å². The van der Waals surface area contributed by atoms with E-state index < -0.39 is 0 Å². The minimum absolute atomic E-state index is 0.0283. The molecule has 0 aromatic heterocycles. The van der Waals surface area contributed by atoms with Crippen molar-refractivity contribution in [1.29, 1.82) is 0 Å². The topological polar surface area (TPSA) is 64.3 Å². The summed E-state index contributed by atoms with van der Waals surface area (Å²) in [5.41, 5.74) is 7.35. The minimum atomic E-state index is -0.0330. The molecule has 0 atom stereocenters. The minimum Gasteiger partial charge on any atom is -0.385 e. The Labute approximate surface area is 121 Å². The van der Waals surface area contributed by atoms with E-state index in [4.69, 9.17) is 10.5 Å². The molecule has 4 heteroatoms. The van der Waals surface area contributed by atoms with Crippen LogP contribution in [0, 0.1) is 5.41 Å². The molecule has 0 aliphatic carbocycles. The molecular formula is C16H26N2O2. The zero-order chi connectivity index (χ0) is 15.0. The van der Waals surface area contributed by atoms with E-state index in [0.29, 0.717) is 25.3 Å². The van der Waals surface area contributed by atoms with Gasteiger partial charge < -0.3 is 15.8 Å². The maximum absolute atomic E-state index is 12.1. The van der Waals surface area contributed by atoms with Crippen molar-refractivity contribution in [2.75, 3.05) is 26.8 Å². The summed E-state index contributed by atoms with van der Waals surface area (Å²) in [6, 6.07) is 7.63. The third kappa shape index (κ3) is 5.72. The van der Waals surface area contributed by atoms with Crippen molar-refractivity contribution < 1.29 is 9.53 Å². The highest BCUT2D eigenvalue weighted by molar-refractivity contribution is 5.94. The lowest BCUT2D eigenvalue weighted by molar-refractivity contribution is 0.0921. The number of carbonyl (C=O) groups excluding carboxylic acids is 1. The first-order valence-electron chi connectivity index (χ1n) is 7.04. The quantitative estimate of drug-likeness (QED) is 0.764. The van der Waals surface area contributed by atoms with Gasteiger partial charge in [-0.25, -0.2) is 0 Å². The molecule has 0 bridgehead atoms. The van der Waals surface area contributed by atoms with Gasteiger partial charge in [-0.1, -0.05) is 26.0 Å². The third-order valence-corrected chi connectivity index (χ3v) is 3.33. The molecule has 1 amide bonds. The Hall–Kier alpha value is -1.39. The average Bonchev–Trinajstić information content (AvgIpc) is 2.43. The van der Waals surface area contributed by atoms with E-state index in [1.54, 1.807) is 7.11 Å². The van der Waals surface area contributed by atoms with E-state index in [-0.39, 0.29) is 11.3 Å². The molecule has 0 heterocycles. The predicted molar refractivity (Wildman–Crippen MR) is 81.8 cm³/mol. The Balaban J connectivity index is 2.56. The number of nitrogens with two attached hydrogens (primary N) is 1. The van der Waals surface area contributed by atoms with Gasteiger partial charge in [0, 0.05) is 25.8 Å². The number of rotatable bonds is 8. The zero-order valence-electron chi connectivity index (χ0n) is 12.7. The fourth-order valence-corrected chi connectivity index (χ4v) is 1.92. The molecule has 1 aromatic carbocycles. The monoisotopic (exact) mass is 278 g/mol. The van der Waals surface area contributed by atoms with E-state index >= 15 is 0 Å². The molecule has 20 heavy (non-hydrogen) atoms. The van der Waals surface area contributed by atoms with Crippen molar-refractivity contribution in [3.05, 3.63) is 35.4 Å². The molecule has 112 valence electrons. The van der Waals surface area contributed by atoms with Gasteiger partial charge in [-0.2, -0.15) is 0 Å². The third-order valence-electron chi connectivity index (χ3n) is 3.33. The molecule has 0 saturated heterocycles. The molecule has 1 rings (SSSR count). The van der Waals surface area contributed by atoms with Crippen LogP contribution in [-0.4, -0.2) is 32.7 Å². The van der Waals surface area contributed by atoms with Crippen molar-refractivity contribution >= 4 is 5.91 Å². The SMILES string of the molecule is COCCC(C)(C)CNC(=O)c1cccc(CCN)c1. The van der Waals surface area contributed by atoms with Crippen LogP contribution >= 0.6 is 0 Å².